The molecule has 0 aliphatic carbocycles. The minimum absolute atomic E-state index is 0.166. The van der Waals surface area contributed by atoms with Crippen molar-refractivity contribution < 1.29 is 9.59 Å². The van der Waals surface area contributed by atoms with Gasteiger partial charge in [0.15, 0.2) is 0 Å². The third-order valence-electron chi connectivity index (χ3n) is 4.22. The van der Waals surface area contributed by atoms with Crippen LogP contribution in [0.1, 0.15) is 30.0 Å². The van der Waals surface area contributed by atoms with Crippen molar-refractivity contribution >= 4 is 17.5 Å². The average molecular weight is 323 g/mol. The summed E-state index contributed by atoms with van der Waals surface area (Å²) in [5, 5.41) is 3.20. The van der Waals surface area contributed by atoms with Gasteiger partial charge in [-0.15, -0.1) is 0 Å². The second-order valence-corrected chi connectivity index (χ2v) is 5.95. The summed E-state index contributed by atoms with van der Waals surface area (Å²) in [5.41, 5.74) is 8.29. The lowest BCUT2D eigenvalue weighted by Crippen LogP contribution is -2.33. The van der Waals surface area contributed by atoms with Gasteiger partial charge >= 0.3 is 0 Å². The molecule has 5 heteroatoms. The van der Waals surface area contributed by atoms with Crippen LogP contribution in [0.15, 0.2) is 54.6 Å². The number of carbonyl (C=O) groups excluding carboxylic acids is 2. The first-order valence-electron chi connectivity index (χ1n) is 8.12. The molecule has 24 heavy (non-hydrogen) atoms. The molecule has 3 rings (SSSR count). The van der Waals surface area contributed by atoms with Gasteiger partial charge in [-0.2, -0.15) is 0 Å². The normalized spacial score (nSPS) is 15.5. The molecule has 1 atom stereocenters. The van der Waals surface area contributed by atoms with Gasteiger partial charge in [0, 0.05) is 25.2 Å². The van der Waals surface area contributed by atoms with E-state index in [1.807, 2.05) is 59.5 Å². The number of nitrogens with zero attached hydrogens (tertiary/aromatic N) is 1. The van der Waals surface area contributed by atoms with Crippen LogP contribution in [0.2, 0.25) is 0 Å². The molecule has 3 N–H and O–H groups in total. The van der Waals surface area contributed by atoms with E-state index in [-0.39, 0.29) is 5.91 Å². The summed E-state index contributed by atoms with van der Waals surface area (Å²) in [7, 11) is 0. The van der Waals surface area contributed by atoms with Crippen LogP contribution in [-0.2, 0) is 16.1 Å². The smallest absolute Gasteiger partial charge is 0.239 e. The molecule has 2 aromatic rings. The van der Waals surface area contributed by atoms with Crippen LogP contribution in [0.25, 0.3) is 0 Å². The molecule has 1 fully saturated rings. The Hall–Kier alpha value is -2.66. The lowest BCUT2D eigenvalue weighted by Gasteiger charge is -2.18. The summed E-state index contributed by atoms with van der Waals surface area (Å²) in [6.45, 7) is 1.27. The van der Waals surface area contributed by atoms with Gasteiger partial charge < -0.3 is 10.6 Å². The van der Waals surface area contributed by atoms with Gasteiger partial charge in [0.25, 0.3) is 0 Å². The summed E-state index contributed by atoms with van der Waals surface area (Å²) < 4.78 is 0. The van der Waals surface area contributed by atoms with E-state index in [4.69, 9.17) is 5.73 Å². The number of nitrogens with one attached hydrogen (secondary N) is 1. The molecule has 0 aromatic heterocycles. The van der Waals surface area contributed by atoms with E-state index in [1.54, 1.807) is 0 Å². The van der Waals surface area contributed by atoms with Crippen molar-refractivity contribution in [2.75, 3.05) is 11.4 Å². The largest absolute Gasteiger partial charge is 0.368 e. The molecular formula is C19H21N3O2. The highest BCUT2D eigenvalue weighted by atomic mass is 16.2. The van der Waals surface area contributed by atoms with E-state index in [0.29, 0.717) is 13.0 Å². The second kappa shape index (κ2) is 7.27. The van der Waals surface area contributed by atoms with Gasteiger partial charge in [-0.3, -0.25) is 14.9 Å². The molecule has 1 aliphatic rings. The lowest BCUT2D eigenvalue weighted by molar-refractivity contribution is -0.120. The van der Waals surface area contributed by atoms with Gasteiger partial charge in [0.2, 0.25) is 11.8 Å². The molecule has 1 unspecified atom stereocenters. The van der Waals surface area contributed by atoms with Crippen molar-refractivity contribution in [1.29, 1.82) is 0 Å². The molecule has 0 bridgehead atoms. The van der Waals surface area contributed by atoms with Gasteiger partial charge in [0.1, 0.15) is 6.04 Å². The fraction of sp³-hybridized carbons (Fsp3) is 0.263. The molecule has 5 nitrogen and oxygen atoms in total. The zero-order valence-electron chi connectivity index (χ0n) is 13.4. The van der Waals surface area contributed by atoms with Crippen LogP contribution in [0, 0.1) is 0 Å². The van der Waals surface area contributed by atoms with Crippen LogP contribution < -0.4 is 16.0 Å². The average Bonchev–Trinajstić information content (AvgIpc) is 3.02. The quantitative estimate of drug-likeness (QED) is 0.855. The topological polar surface area (TPSA) is 75.4 Å². The maximum Gasteiger partial charge on any atom is 0.239 e. The first-order valence-corrected chi connectivity index (χ1v) is 8.12. The van der Waals surface area contributed by atoms with Crippen molar-refractivity contribution in [1.82, 2.24) is 5.32 Å². The van der Waals surface area contributed by atoms with E-state index < -0.39 is 11.9 Å². The zero-order chi connectivity index (χ0) is 16.9. The Bertz CT molecular complexity index is 730. The standard InChI is InChI=1S/C19H21N3O2/c20-19(24)18(15-7-2-1-3-8-15)21-13-14-6-4-9-16(12-14)22-11-5-10-17(22)23/h1-4,6-9,12,18,21H,5,10-11,13H2,(H2,20,24). The molecule has 124 valence electrons. The Balaban J connectivity index is 1.71. The SMILES string of the molecule is NC(=O)C(NCc1cccc(N2CCCC2=O)c1)c1ccccc1. The Morgan fingerprint density at radius 2 is 1.96 bits per heavy atom. The first kappa shape index (κ1) is 16.2. The Morgan fingerprint density at radius 1 is 1.17 bits per heavy atom. The van der Waals surface area contributed by atoms with E-state index in [9.17, 15) is 9.59 Å². The van der Waals surface area contributed by atoms with Gasteiger partial charge in [-0.25, -0.2) is 0 Å². The Morgan fingerprint density at radius 3 is 2.62 bits per heavy atom. The zero-order valence-corrected chi connectivity index (χ0v) is 13.4. The van der Waals surface area contributed by atoms with Gasteiger partial charge in [-0.1, -0.05) is 42.5 Å². The van der Waals surface area contributed by atoms with Crippen molar-refractivity contribution in [2.45, 2.75) is 25.4 Å². The third kappa shape index (κ3) is 3.63. The molecule has 1 saturated heterocycles. The fourth-order valence-corrected chi connectivity index (χ4v) is 3.00. The number of nitrogens with two attached hydrogens (primary N) is 1. The summed E-state index contributed by atoms with van der Waals surface area (Å²) in [6.07, 6.45) is 1.51. The molecule has 1 aliphatic heterocycles. The Labute approximate surface area is 141 Å². The van der Waals surface area contributed by atoms with Crippen LogP contribution in [0.5, 0.6) is 0 Å². The molecule has 2 aromatic carbocycles. The summed E-state index contributed by atoms with van der Waals surface area (Å²) >= 11 is 0. The lowest BCUT2D eigenvalue weighted by atomic mass is 10.1. The molecule has 0 radical (unpaired) electrons. The minimum atomic E-state index is -0.539. The number of benzene rings is 2. The summed E-state index contributed by atoms with van der Waals surface area (Å²) in [4.78, 5) is 25.4. The number of primary amides is 1. The fourth-order valence-electron chi connectivity index (χ4n) is 3.00. The number of rotatable bonds is 6. The van der Waals surface area contributed by atoms with Crippen molar-refractivity contribution in [3.05, 3.63) is 65.7 Å². The number of hydrogen-bond donors (Lipinski definition) is 2. The molecular weight excluding hydrogens is 302 g/mol. The first-order chi connectivity index (χ1) is 11.6. The van der Waals surface area contributed by atoms with Crippen LogP contribution >= 0.6 is 0 Å². The van der Waals surface area contributed by atoms with Crippen molar-refractivity contribution in [2.24, 2.45) is 5.73 Å². The number of carbonyl (C=O) groups is 2. The van der Waals surface area contributed by atoms with Crippen LogP contribution in [0.3, 0.4) is 0 Å². The van der Waals surface area contributed by atoms with Crippen molar-refractivity contribution in [3.8, 4) is 0 Å². The maximum absolute atomic E-state index is 11.9. The monoisotopic (exact) mass is 323 g/mol. The van der Waals surface area contributed by atoms with E-state index in [0.717, 1.165) is 29.8 Å². The number of hydrogen-bond acceptors (Lipinski definition) is 3. The van der Waals surface area contributed by atoms with Gasteiger partial charge in [-0.05, 0) is 29.7 Å². The predicted molar refractivity (Wildman–Crippen MR) is 93.2 cm³/mol. The summed E-state index contributed by atoms with van der Waals surface area (Å²) in [5.74, 6) is -0.244. The minimum Gasteiger partial charge on any atom is -0.368 e. The highest BCUT2D eigenvalue weighted by Gasteiger charge is 2.22. The van der Waals surface area contributed by atoms with E-state index in [2.05, 4.69) is 5.32 Å². The van der Waals surface area contributed by atoms with E-state index >= 15 is 0 Å². The molecule has 0 spiro atoms. The second-order valence-electron chi connectivity index (χ2n) is 5.95. The number of amides is 2. The molecule has 0 saturated carbocycles. The molecule has 1 heterocycles. The Kier molecular flexibility index (Phi) is 4.91. The van der Waals surface area contributed by atoms with Crippen LogP contribution in [-0.4, -0.2) is 18.4 Å². The van der Waals surface area contributed by atoms with Gasteiger partial charge in [0.05, 0.1) is 0 Å². The van der Waals surface area contributed by atoms with Crippen molar-refractivity contribution in [3.63, 3.8) is 0 Å². The number of anilines is 1. The highest BCUT2D eigenvalue weighted by molar-refractivity contribution is 5.95. The summed E-state index contributed by atoms with van der Waals surface area (Å²) in [6, 6.07) is 16.7. The van der Waals surface area contributed by atoms with Crippen LogP contribution in [0.4, 0.5) is 5.69 Å². The third-order valence-corrected chi connectivity index (χ3v) is 4.22. The highest BCUT2D eigenvalue weighted by Crippen LogP contribution is 2.22. The molecule has 2 amide bonds. The van der Waals surface area contributed by atoms with E-state index in [1.165, 1.54) is 0 Å². The maximum atomic E-state index is 11.9. The predicted octanol–water partition coefficient (Wildman–Crippen LogP) is 2.13.